The zero-order chi connectivity index (χ0) is 31.9. The number of benzene rings is 2. The average Bonchev–Trinajstić information content (AvgIpc) is 3.52. The number of amides is 2. The van der Waals surface area contributed by atoms with Gasteiger partial charge in [0.15, 0.2) is 0 Å². The Balaban J connectivity index is 1.78. The predicted molar refractivity (Wildman–Crippen MR) is 147 cm³/mol. The topological polar surface area (TPSA) is 120 Å². The van der Waals surface area contributed by atoms with Crippen molar-refractivity contribution in [2.45, 2.75) is 51.9 Å². The van der Waals surface area contributed by atoms with Crippen molar-refractivity contribution in [1.29, 1.82) is 0 Å². The molecule has 0 aliphatic carbocycles. The quantitative estimate of drug-likeness (QED) is 0.240. The minimum Gasteiger partial charge on any atom is -0.347 e. The van der Waals surface area contributed by atoms with Crippen LogP contribution < -0.4 is 10.6 Å². The van der Waals surface area contributed by atoms with E-state index in [1.54, 1.807) is 39.8 Å². The third kappa shape index (κ3) is 6.77. The Hall–Kier alpha value is -4.11. The van der Waals surface area contributed by atoms with Gasteiger partial charge in [-0.15, -0.1) is 5.10 Å². The first-order valence-electron chi connectivity index (χ1n) is 12.4. The summed E-state index contributed by atoms with van der Waals surface area (Å²) in [5, 5.41) is 19.2. The van der Waals surface area contributed by atoms with Crippen LogP contribution in [0.5, 0.6) is 0 Å². The molecule has 2 aromatic heterocycles. The lowest BCUT2D eigenvalue weighted by atomic mass is 10.0. The van der Waals surface area contributed by atoms with E-state index in [-0.39, 0.29) is 43.1 Å². The van der Waals surface area contributed by atoms with Crippen LogP contribution in [0, 0.1) is 6.92 Å². The maximum atomic E-state index is 14.1. The summed E-state index contributed by atoms with van der Waals surface area (Å²) in [5.74, 6) is -8.46. The molecule has 0 fully saturated rings. The molecule has 0 unspecified atom stereocenters. The molecule has 4 aromatic rings. The van der Waals surface area contributed by atoms with Gasteiger partial charge in [-0.25, -0.2) is 9.36 Å². The van der Waals surface area contributed by atoms with Gasteiger partial charge in [-0.05, 0) is 74.0 Å². The largest absolute Gasteiger partial charge is 0.461 e. The summed E-state index contributed by atoms with van der Waals surface area (Å²) in [7, 11) is 0. The highest BCUT2D eigenvalue weighted by molar-refractivity contribution is 6.32. The smallest absolute Gasteiger partial charge is 0.347 e. The highest BCUT2D eigenvalue weighted by atomic mass is 35.5. The molecule has 0 radical (unpaired) electrons. The standard InChI is InChI=1S/C26H23Cl2F5N8O2/c1-13-9-14(27)10-16(21(42)35-24(2,3)4)20(13)34-22(43)19-11-15(37-41(19)18-8-6-5-7-17(18)28)12-40-23(36-38-39-40)25(29,30)26(31,32)33/h5-11H,12H2,1-4H3,(H,34,43)(H,35,42). The van der Waals surface area contributed by atoms with Crippen LogP contribution in [0.25, 0.3) is 5.69 Å². The first-order chi connectivity index (χ1) is 19.9. The Kier molecular flexibility index (Phi) is 8.53. The summed E-state index contributed by atoms with van der Waals surface area (Å²) >= 11 is 12.5. The third-order valence-corrected chi connectivity index (χ3v) is 6.36. The van der Waals surface area contributed by atoms with Crippen LogP contribution in [0.15, 0.2) is 42.5 Å². The molecule has 2 heterocycles. The molecule has 17 heteroatoms. The summed E-state index contributed by atoms with van der Waals surface area (Å²) in [4.78, 5) is 26.8. The molecule has 43 heavy (non-hydrogen) atoms. The van der Waals surface area contributed by atoms with E-state index in [9.17, 15) is 31.5 Å². The number of rotatable bonds is 7. The first-order valence-corrected chi connectivity index (χ1v) is 13.1. The van der Waals surface area contributed by atoms with Gasteiger partial charge >= 0.3 is 12.1 Å². The molecule has 0 bridgehead atoms. The summed E-state index contributed by atoms with van der Waals surface area (Å²) in [6, 6.07) is 10.3. The number of nitrogens with one attached hydrogen (secondary N) is 2. The first kappa shape index (κ1) is 31.8. The van der Waals surface area contributed by atoms with Crippen molar-refractivity contribution in [2.24, 2.45) is 0 Å². The van der Waals surface area contributed by atoms with Gasteiger partial charge in [-0.3, -0.25) is 9.59 Å². The third-order valence-electron chi connectivity index (χ3n) is 5.83. The number of aryl methyl sites for hydroxylation is 1. The van der Waals surface area contributed by atoms with Crippen molar-refractivity contribution in [3.8, 4) is 5.69 Å². The fourth-order valence-corrected chi connectivity index (χ4v) is 4.45. The Labute approximate surface area is 251 Å². The maximum absolute atomic E-state index is 14.1. The van der Waals surface area contributed by atoms with Crippen molar-refractivity contribution >= 4 is 40.7 Å². The number of aromatic nitrogens is 6. The second-order valence-electron chi connectivity index (χ2n) is 10.4. The van der Waals surface area contributed by atoms with Gasteiger partial charge in [0, 0.05) is 10.6 Å². The number of carbonyl (C=O) groups is 2. The Morgan fingerprint density at radius 2 is 1.65 bits per heavy atom. The van der Waals surface area contributed by atoms with Crippen molar-refractivity contribution in [2.75, 3.05) is 5.32 Å². The number of hydrogen-bond donors (Lipinski definition) is 2. The molecule has 0 aliphatic rings. The monoisotopic (exact) mass is 644 g/mol. The van der Waals surface area contributed by atoms with Gasteiger partial charge in [0.05, 0.1) is 34.2 Å². The van der Waals surface area contributed by atoms with E-state index in [2.05, 4.69) is 31.3 Å². The molecule has 0 saturated carbocycles. The lowest BCUT2D eigenvalue weighted by molar-refractivity contribution is -0.293. The van der Waals surface area contributed by atoms with Gasteiger partial charge in [-0.2, -0.15) is 27.1 Å². The van der Waals surface area contributed by atoms with Crippen LogP contribution in [-0.4, -0.2) is 53.5 Å². The van der Waals surface area contributed by atoms with E-state index in [4.69, 9.17) is 23.2 Å². The normalized spacial score (nSPS) is 12.3. The average molecular weight is 645 g/mol. The minimum atomic E-state index is -5.96. The van der Waals surface area contributed by atoms with E-state index in [0.717, 1.165) is 10.7 Å². The fourth-order valence-electron chi connectivity index (χ4n) is 3.97. The van der Waals surface area contributed by atoms with E-state index in [1.807, 2.05) is 0 Å². The number of tetrazole rings is 1. The van der Waals surface area contributed by atoms with Crippen molar-refractivity contribution in [1.82, 2.24) is 35.3 Å². The molecule has 2 amide bonds. The van der Waals surface area contributed by atoms with Crippen molar-refractivity contribution < 1.29 is 31.5 Å². The Morgan fingerprint density at radius 3 is 2.28 bits per heavy atom. The van der Waals surface area contributed by atoms with Crippen LogP contribution in [0.2, 0.25) is 10.0 Å². The Bertz CT molecular complexity index is 1700. The SMILES string of the molecule is Cc1cc(Cl)cc(C(=O)NC(C)(C)C)c1NC(=O)c1cc(Cn2nnnc2C(F)(F)C(F)(F)F)nn1-c1ccccc1Cl. The molecule has 0 atom stereocenters. The summed E-state index contributed by atoms with van der Waals surface area (Å²) in [6.07, 6.45) is -5.96. The molecule has 2 N–H and O–H groups in total. The summed E-state index contributed by atoms with van der Waals surface area (Å²) in [5.41, 5.74) is -0.160. The van der Waals surface area contributed by atoms with Gasteiger partial charge in [0.25, 0.3) is 11.8 Å². The number of halogens is 7. The number of hydrogen-bond acceptors (Lipinski definition) is 6. The van der Waals surface area contributed by atoms with E-state index in [1.165, 1.54) is 24.3 Å². The highest BCUT2D eigenvalue weighted by Gasteiger charge is 2.62. The van der Waals surface area contributed by atoms with Crippen LogP contribution in [0.1, 0.15) is 58.7 Å². The summed E-state index contributed by atoms with van der Waals surface area (Å²) < 4.78 is 68.5. The second-order valence-corrected chi connectivity index (χ2v) is 11.3. The van der Waals surface area contributed by atoms with Gasteiger partial charge in [0.1, 0.15) is 5.69 Å². The number of anilines is 1. The molecule has 0 spiro atoms. The van der Waals surface area contributed by atoms with Crippen LogP contribution in [0.4, 0.5) is 27.6 Å². The maximum Gasteiger partial charge on any atom is 0.461 e. The zero-order valence-electron chi connectivity index (χ0n) is 22.9. The van der Waals surface area contributed by atoms with E-state index in [0.29, 0.717) is 5.56 Å². The molecule has 0 saturated heterocycles. The molecule has 0 aliphatic heterocycles. The highest BCUT2D eigenvalue weighted by Crippen LogP contribution is 2.42. The molecule has 228 valence electrons. The predicted octanol–water partition coefficient (Wildman–Crippen LogP) is 5.96. The summed E-state index contributed by atoms with van der Waals surface area (Å²) in [6.45, 7) is 6.16. The lowest BCUT2D eigenvalue weighted by Gasteiger charge is -2.22. The molecule has 10 nitrogen and oxygen atoms in total. The van der Waals surface area contributed by atoms with E-state index < -0.39 is 41.8 Å². The Morgan fingerprint density at radius 1 is 0.977 bits per heavy atom. The molecule has 4 rings (SSSR count). The van der Waals surface area contributed by atoms with Gasteiger partial charge in [-0.1, -0.05) is 35.3 Å². The van der Waals surface area contributed by atoms with Crippen molar-refractivity contribution in [3.05, 3.63) is 80.8 Å². The number of para-hydroxylation sites is 1. The van der Waals surface area contributed by atoms with Gasteiger partial charge < -0.3 is 10.6 Å². The van der Waals surface area contributed by atoms with E-state index >= 15 is 0 Å². The van der Waals surface area contributed by atoms with Crippen LogP contribution in [0.3, 0.4) is 0 Å². The molecular weight excluding hydrogens is 622 g/mol. The van der Waals surface area contributed by atoms with Crippen LogP contribution >= 0.6 is 23.2 Å². The second kappa shape index (κ2) is 11.5. The number of alkyl halides is 5. The zero-order valence-corrected chi connectivity index (χ0v) is 24.4. The van der Waals surface area contributed by atoms with Crippen LogP contribution in [-0.2, 0) is 12.5 Å². The molecular formula is C26H23Cl2F5N8O2. The number of nitrogens with zero attached hydrogens (tertiary/aromatic N) is 6. The van der Waals surface area contributed by atoms with Crippen molar-refractivity contribution in [3.63, 3.8) is 0 Å². The molecule has 2 aromatic carbocycles. The number of carbonyl (C=O) groups excluding carboxylic acids is 2. The minimum absolute atomic E-state index is 0.0602. The lowest BCUT2D eigenvalue weighted by Crippen LogP contribution is -2.41. The fraction of sp³-hybridized carbons (Fsp3) is 0.308. The van der Waals surface area contributed by atoms with Gasteiger partial charge in [0.2, 0.25) is 5.82 Å².